The van der Waals surface area contributed by atoms with Gasteiger partial charge in [-0.3, -0.25) is 0 Å². The van der Waals surface area contributed by atoms with E-state index >= 15 is 0 Å². The Morgan fingerprint density at radius 1 is 1.25 bits per heavy atom. The highest BCUT2D eigenvalue weighted by Crippen LogP contribution is 2.23. The van der Waals surface area contributed by atoms with Crippen LogP contribution in [0.25, 0.3) is 22.4 Å². The molecule has 4 aromatic rings. The van der Waals surface area contributed by atoms with E-state index < -0.39 is 0 Å². The molecule has 0 aliphatic heterocycles. The van der Waals surface area contributed by atoms with Gasteiger partial charge in [0.25, 0.3) is 5.89 Å². The highest BCUT2D eigenvalue weighted by molar-refractivity contribution is 5.83. The fourth-order valence-corrected chi connectivity index (χ4v) is 2.69. The number of nitrogens with one attached hydrogen (secondary N) is 2. The molecule has 0 amide bonds. The van der Waals surface area contributed by atoms with Crippen LogP contribution < -0.4 is 5.32 Å². The van der Waals surface area contributed by atoms with Crippen molar-refractivity contribution >= 4 is 16.7 Å². The number of aryl methyl sites for hydroxylation is 1. The van der Waals surface area contributed by atoms with Crippen molar-refractivity contribution in [3.05, 3.63) is 54.4 Å². The number of benzene rings is 1. The van der Waals surface area contributed by atoms with Gasteiger partial charge in [-0.15, -0.1) is 0 Å². The fraction of sp³-hybridized carbons (Fsp3) is 0.176. The van der Waals surface area contributed by atoms with Crippen LogP contribution in [0.5, 0.6) is 0 Å². The lowest BCUT2D eigenvalue weighted by molar-refractivity contribution is 0.425. The number of para-hydroxylation sites is 1. The maximum atomic E-state index is 5.21. The number of anilines is 1. The summed E-state index contributed by atoms with van der Waals surface area (Å²) in [6.07, 6.45) is 6.10. The summed E-state index contributed by atoms with van der Waals surface area (Å²) in [5, 5.41) is 8.39. The van der Waals surface area contributed by atoms with Crippen LogP contribution in [0.15, 0.2) is 47.5 Å². The lowest BCUT2D eigenvalue weighted by atomic mass is 10.1. The van der Waals surface area contributed by atoms with E-state index in [-0.39, 0.29) is 0 Å². The van der Waals surface area contributed by atoms with Crippen molar-refractivity contribution in [3.63, 3.8) is 0 Å². The molecule has 4 rings (SSSR count). The lowest BCUT2D eigenvalue weighted by Crippen LogP contribution is -2.07. The van der Waals surface area contributed by atoms with Crippen molar-refractivity contribution in [3.8, 4) is 11.5 Å². The van der Waals surface area contributed by atoms with E-state index in [0.29, 0.717) is 23.1 Å². The second-order valence-electron chi connectivity index (χ2n) is 5.47. The molecule has 0 aliphatic rings. The summed E-state index contributed by atoms with van der Waals surface area (Å²) in [5.41, 5.74) is 3.12. The molecule has 0 aliphatic carbocycles. The quantitative estimate of drug-likeness (QED) is 0.587. The van der Waals surface area contributed by atoms with Gasteiger partial charge in [0.2, 0.25) is 0 Å². The molecule has 0 bridgehead atoms. The summed E-state index contributed by atoms with van der Waals surface area (Å²) in [6, 6.07) is 8.28. The Morgan fingerprint density at radius 2 is 2.17 bits per heavy atom. The van der Waals surface area contributed by atoms with Gasteiger partial charge in [0, 0.05) is 29.8 Å². The SMILES string of the molecule is Cc1noc(-c2cncnc2NCCc2c[nH]c3ccccc23)n1. The molecule has 24 heavy (non-hydrogen) atoms. The Balaban J connectivity index is 1.50. The van der Waals surface area contributed by atoms with E-state index in [4.69, 9.17) is 4.52 Å². The smallest absolute Gasteiger partial charge is 0.263 e. The van der Waals surface area contributed by atoms with Crippen LogP contribution >= 0.6 is 0 Å². The number of aromatic amines is 1. The number of aromatic nitrogens is 5. The Morgan fingerprint density at radius 3 is 3.04 bits per heavy atom. The van der Waals surface area contributed by atoms with Crippen LogP contribution in [0.3, 0.4) is 0 Å². The van der Waals surface area contributed by atoms with Gasteiger partial charge in [0.1, 0.15) is 17.7 Å². The fourth-order valence-electron chi connectivity index (χ4n) is 2.69. The molecule has 0 saturated heterocycles. The summed E-state index contributed by atoms with van der Waals surface area (Å²) >= 11 is 0. The van der Waals surface area contributed by atoms with Crippen LogP contribution in [0.2, 0.25) is 0 Å². The Bertz CT molecular complexity index is 974. The molecule has 0 atom stereocenters. The Hall–Kier alpha value is -3.22. The summed E-state index contributed by atoms with van der Waals surface area (Å²) < 4.78 is 5.21. The second-order valence-corrected chi connectivity index (χ2v) is 5.47. The van der Waals surface area contributed by atoms with E-state index in [2.05, 4.69) is 48.7 Å². The molecule has 3 heterocycles. The molecular formula is C17H16N6O. The molecule has 0 spiro atoms. The highest BCUT2D eigenvalue weighted by Gasteiger charge is 2.13. The van der Waals surface area contributed by atoms with Gasteiger partial charge in [-0.2, -0.15) is 4.98 Å². The van der Waals surface area contributed by atoms with Crippen molar-refractivity contribution < 1.29 is 4.52 Å². The minimum atomic E-state index is 0.419. The molecule has 7 nitrogen and oxygen atoms in total. The van der Waals surface area contributed by atoms with Gasteiger partial charge in [0.15, 0.2) is 5.82 Å². The normalized spacial score (nSPS) is 11.0. The minimum Gasteiger partial charge on any atom is -0.369 e. The Kier molecular flexibility index (Phi) is 3.66. The summed E-state index contributed by atoms with van der Waals surface area (Å²) in [6.45, 7) is 2.51. The van der Waals surface area contributed by atoms with Crippen LogP contribution in [-0.4, -0.2) is 31.6 Å². The van der Waals surface area contributed by atoms with E-state index in [1.165, 1.54) is 17.3 Å². The monoisotopic (exact) mass is 320 g/mol. The lowest BCUT2D eigenvalue weighted by Gasteiger charge is -2.07. The van der Waals surface area contributed by atoms with Gasteiger partial charge < -0.3 is 14.8 Å². The maximum Gasteiger partial charge on any atom is 0.263 e. The maximum absolute atomic E-state index is 5.21. The molecule has 3 aromatic heterocycles. The number of H-pyrrole nitrogens is 1. The van der Waals surface area contributed by atoms with E-state index in [1.807, 2.05) is 12.1 Å². The third kappa shape index (κ3) is 2.71. The first-order chi connectivity index (χ1) is 11.8. The molecule has 0 saturated carbocycles. The van der Waals surface area contributed by atoms with E-state index in [9.17, 15) is 0 Å². The molecule has 1 aromatic carbocycles. The van der Waals surface area contributed by atoms with Crippen LogP contribution in [0.4, 0.5) is 5.82 Å². The van der Waals surface area contributed by atoms with Crippen LogP contribution in [0.1, 0.15) is 11.4 Å². The summed E-state index contributed by atoms with van der Waals surface area (Å²) in [4.78, 5) is 15.9. The standard InChI is InChI=1S/C17H16N6O/c1-11-22-17(24-23-11)14-9-18-10-21-16(14)19-7-6-12-8-20-15-5-3-2-4-13(12)15/h2-5,8-10,20H,6-7H2,1H3,(H,18,19,21). The van der Waals surface area contributed by atoms with Gasteiger partial charge in [0.05, 0.1) is 0 Å². The van der Waals surface area contributed by atoms with Gasteiger partial charge in [-0.05, 0) is 25.0 Å². The molecule has 0 radical (unpaired) electrons. The highest BCUT2D eigenvalue weighted by atomic mass is 16.5. The third-order valence-corrected chi connectivity index (χ3v) is 3.83. The minimum absolute atomic E-state index is 0.419. The average molecular weight is 320 g/mol. The number of hydrogen-bond acceptors (Lipinski definition) is 6. The molecule has 7 heteroatoms. The van der Waals surface area contributed by atoms with Gasteiger partial charge >= 0.3 is 0 Å². The Labute approximate surface area is 138 Å². The van der Waals surface area contributed by atoms with Crippen molar-refractivity contribution in [1.82, 2.24) is 25.1 Å². The second kappa shape index (κ2) is 6.11. The molecule has 120 valence electrons. The molecule has 2 N–H and O–H groups in total. The van der Waals surface area contributed by atoms with Gasteiger partial charge in [-0.1, -0.05) is 23.4 Å². The zero-order valence-corrected chi connectivity index (χ0v) is 13.2. The number of nitrogens with zero attached hydrogens (tertiary/aromatic N) is 4. The van der Waals surface area contributed by atoms with Gasteiger partial charge in [-0.25, -0.2) is 9.97 Å². The molecule has 0 unspecified atom stereocenters. The predicted molar refractivity (Wildman–Crippen MR) is 90.6 cm³/mol. The largest absolute Gasteiger partial charge is 0.369 e. The van der Waals surface area contributed by atoms with Crippen molar-refractivity contribution in [2.75, 3.05) is 11.9 Å². The van der Waals surface area contributed by atoms with Crippen molar-refractivity contribution in [2.45, 2.75) is 13.3 Å². The number of fused-ring (bicyclic) bond motifs is 1. The predicted octanol–water partition coefficient (Wildman–Crippen LogP) is 2.97. The number of rotatable bonds is 5. The third-order valence-electron chi connectivity index (χ3n) is 3.83. The first-order valence-corrected chi connectivity index (χ1v) is 7.71. The van der Waals surface area contributed by atoms with Crippen molar-refractivity contribution in [1.29, 1.82) is 0 Å². The zero-order valence-electron chi connectivity index (χ0n) is 13.2. The van der Waals surface area contributed by atoms with E-state index in [1.54, 1.807) is 13.1 Å². The van der Waals surface area contributed by atoms with Crippen molar-refractivity contribution in [2.24, 2.45) is 0 Å². The zero-order chi connectivity index (χ0) is 16.4. The molecular weight excluding hydrogens is 304 g/mol. The summed E-state index contributed by atoms with van der Waals surface area (Å²) in [7, 11) is 0. The first-order valence-electron chi connectivity index (χ1n) is 7.71. The molecule has 0 fully saturated rings. The van der Waals surface area contributed by atoms with Crippen LogP contribution in [-0.2, 0) is 6.42 Å². The summed E-state index contributed by atoms with van der Waals surface area (Å²) in [5.74, 6) is 1.69. The topological polar surface area (TPSA) is 92.5 Å². The average Bonchev–Trinajstić information content (AvgIpc) is 3.22. The van der Waals surface area contributed by atoms with E-state index in [0.717, 1.165) is 18.5 Å². The van der Waals surface area contributed by atoms with Crippen LogP contribution in [0, 0.1) is 6.92 Å². The first kappa shape index (κ1) is 14.4. The number of hydrogen-bond donors (Lipinski definition) is 2.